The standard InChI is InChI=1S/C14H16N4/c1-3-11-5-4-6-12-7-8-18(14(11)12)9-13-16-15-10-17(13)2/h4-8,10H,3,9H2,1-2H3. The van der Waals surface area contributed by atoms with Crippen molar-refractivity contribution in [3.8, 4) is 0 Å². The SMILES string of the molecule is CCc1cccc2ccn(Cc3nncn3C)c12. The van der Waals surface area contributed by atoms with Crippen LogP contribution in [0.3, 0.4) is 0 Å². The Balaban J connectivity index is 2.10. The molecule has 0 saturated carbocycles. The number of hydrogen-bond donors (Lipinski definition) is 0. The third kappa shape index (κ3) is 1.70. The Morgan fingerprint density at radius 3 is 2.83 bits per heavy atom. The van der Waals surface area contributed by atoms with Gasteiger partial charge in [0, 0.05) is 13.2 Å². The second kappa shape index (κ2) is 4.29. The molecule has 4 nitrogen and oxygen atoms in total. The molecule has 3 aromatic rings. The molecular formula is C14H16N4. The van der Waals surface area contributed by atoms with Crippen LogP contribution in [0, 0.1) is 0 Å². The van der Waals surface area contributed by atoms with Gasteiger partial charge in [-0.15, -0.1) is 10.2 Å². The fraction of sp³-hybridized carbons (Fsp3) is 0.286. The second-order valence-electron chi connectivity index (χ2n) is 4.51. The summed E-state index contributed by atoms with van der Waals surface area (Å²) in [4.78, 5) is 0. The number of aryl methyl sites for hydroxylation is 2. The maximum absolute atomic E-state index is 4.15. The van der Waals surface area contributed by atoms with E-state index < -0.39 is 0 Å². The Hall–Kier alpha value is -2.10. The van der Waals surface area contributed by atoms with Crippen LogP contribution in [0.25, 0.3) is 10.9 Å². The normalized spacial score (nSPS) is 11.2. The molecule has 0 unspecified atom stereocenters. The molecule has 2 heterocycles. The molecule has 0 aliphatic rings. The highest BCUT2D eigenvalue weighted by Crippen LogP contribution is 2.21. The molecule has 4 heteroatoms. The Morgan fingerprint density at radius 1 is 1.22 bits per heavy atom. The zero-order valence-electron chi connectivity index (χ0n) is 10.7. The van der Waals surface area contributed by atoms with Crippen molar-refractivity contribution in [2.24, 2.45) is 7.05 Å². The molecule has 18 heavy (non-hydrogen) atoms. The van der Waals surface area contributed by atoms with Crippen molar-refractivity contribution >= 4 is 10.9 Å². The average Bonchev–Trinajstić information content (AvgIpc) is 2.97. The summed E-state index contributed by atoms with van der Waals surface area (Å²) in [5, 5.41) is 9.36. The number of rotatable bonds is 3. The number of fused-ring (bicyclic) bond motifs is 1. The minimum Gasteiger partial charge on any atom is -0.340 e. The minimum absolute atomic E-state index is 0.761. The van der Waals surface area contributed by atoms with Gasteiger partial charge in [-0.1, -0.05) is 25.1 Å². The van der Waals surface area contributed by atoms with Crippen LogP contribution in [0.2, 0.25) is 0 Å². The summed E-state index contributed by atoms with van der Waals surface area (Å²) in [6.07, 6.45) is 4.90. The molecule has 0 spiro atoms. The number of para-hydroxylation sites is 1. The topological polar surface area (TPSA) is 35.6 Å². The van der Waals surface area contributed by atoms with E-state index in [0.717, 1.165) is 18.8 Å². The van der Waals surface area contributed by atoms with E-state index >= 15 is 0 Å². The summed E-state index contributed by atoms with van der Waals surface area (Å²) in [6, 6.07) is 8.62. The van der Waals surface area contributed by atoms with Crippen LogP contribution >= 0.6 is 0 Å². The highest BCUT2D eigenvalue weighted by atomic mass is 15.3. The molecule has 1 aromatic carbocycles. The Morgan fingerprint density at radius 2 is 2.11 bits per heavy atom. The number of hydrogen-bond acceptors (Lipinski definition) is 2. The summed E-state index contributed by atoms with van der Waals surface area (Å²) < 4.78 is 4.21. The van der Waals surface area contributed by atoms with Crippen LogP contribution in [-0.2, 0) is 20.0 Å². The van der Waals surface area contributed by atoms with Crippen LogP contribution in [0.15, 0.2) is 36.8 Å². The summed E-state index contributed by atoms with van der Waals surface area (Å²) in [5.74, 6) is 0.971. The van der Waals surface area contributed by atoms with E-state index in [2.05, 4.69) is 52.2 Å². The summed E-state index contributed by atoms with van der Waals surface area (Å²) >= 11 is 0. The van der Waals surface area contributed by atoms with Gasteiger partial charge in [-0.25, -0.2) is 0 Å². The molecule has 0 N–H and O–H groups in total. The zero-order valence-corrected chi connectivity index (χ0v) is 10.7. The lowest BCUT2D eigenvalue weighted by atomic mass is 10.1. The van der Waals surface area contributed by atoms with Crippen LogP contribution in [0.4, 0.5) is 0 Å². The summed E-state index contributed by atoms with van der Waals surface area (Å²) in [7, 11) is 1.97. The van der Waals surface area contributed by atoms with Gasteiger partial charge >= 0.3 is 0 Å². The average molecular weight is 240 g/mol. The Kier molecular flexibility index (Phi) is 2.63. The molecule has 0 fully saturated rings. The fourth-order valence-corrected chi connectivity index (χ4v) is 2.36. The van der Waals surface area contributed by atoms with Gasteiger partial charge in [0.2, 0.25) is 0 Å². The molecule has 0 saturated heterocycles. The first-order valence-electron chi connectivity index (χ1n) is 6.19. The first kappa shape index (κ1) is 11.0. The largest absolute Gasteiger partial charge is 0.340 e. The molecule has 92 valence electrons. The number of benzene rings is 1. The van der Waals surface area contributed by atoms with Gasteiger partial charge in [0.05, 0.1) is 12.1 Å². The van der Waals surface area contributed by atoms with Crippen molar-refractivity contribution in [2.45, 2.75) is 19.9 Å². The van der Waals surface area contributed by atoms with Gasteiger partial charge in [-0.3, -0.25) is 0 Å². The van der Waals surface area contributed by atoms with Crippen molar-refractivity contribution in [3.63, 3.8) is 0 Å². The van der Waals surface area contributed by atoms with Gasteiger partial charge in [0.25, 0.3) is 0 Å². The van der Waals surface area contributed by atoms with E-state index in [1.165, 1.54) is 16.5 Å². The highest BCUT2D eigenvalue weighted by Gasteiger charge is 2.08. The maximum atomic E-state index is 4.15. The molecule has 3 rings (SSSR count). The number of nitrogens with zero attached hydrogens (tertiary/aromatic N) is 4. The van der Waals surface area contributed by atoms with Crippen LogP contribution in [-0.4, -0.2) is 19.3 Å². The Labute approximate surface area is 106 Å². The van der Waals surface area contributed by atoms with Gasteiger partial charge in [0.15, 0.2) is 5.82 Å². The van der Waals surface area contributed by atoms with Crippen molar-refractivity contribution in [1.29, 1.82) is 0 Å². The molecule has 0 aliphatic carbocycles. The van der Waals surface area contributed by atoms with Crippen LogP contribution in [0.1, 0.15) is 18.3 Å². The van der Waals surface area contributed by atoms with E-state index in [0.29, 0.717) is 0 Å². The van der Waals surface area contributed by atoms with E-state index in [1.54, 1.807) is 6.33 Å². The lowest BCUT2D eigenvalue weighted by Crippen LogP contribution is -2.05. The van der Waals surface area contributed by atoms with Crippen LogP contribution in [0.5, 0.6) is 0 Å². The van der Waals surface area contributed by atoms with Crippen molar-refractivity contribution in [2.75, 3.05) is 0 Å². The van der Waals surface area contributed by atoms with Crippen molar-refractivity contribution in [1.82, 2.24) is 19.3 Å². The van der Waals surface area contributed by atoms with E-state index in [-0.39, 0.29) is 0 Å². The molecule has 0 aliphatic heterocycles. The van der Waals surface area contributed by atoms with E-state index in [1.807, 2.05) is 11.6 Å². The maximum Gasteiger partial charge on any atom is 0.152 e. The summed E-state index contributed by atoms with van der Waals surface area (Å²) in [5.41, 5.74) is 2.68. The fourth-order valence-electron chi connectivity index (χ4n) is 2.36. The predicted octanol–water partition coefficient (Wildman–Crippen LogP) is 2.38. The first-order chi connectivity index (χ1) is 8.79. The molecule has 0 atom stereocenters. The van der Waals surface area contributed by atoms with E-state index in [9.17, 15) is 0 Å². The monoisotopic (exact) mass is 240 g/mol. The van der Waals surface area contributed by atoms with Crippen molar-refractivity contribution < 1.29 is 0 Å². The predicted molar refractivity (Wildman–Crippen MR) is 71.4 cm³/mol. The first-order valence-corrected chi connectivity index (χ1v) is 6.19. The lowest BCUT2D eigenvalue weighted by Gasteiger charge is -2.08. The number of aromatic nitrogens is 4. The molecule has 0 bridgehead atoms. The van der Waals surface area contributed by atoms with Gasteiger partial charge in [-0.2, -0.15) is 0 Å². The zero-order chi connectivity index (χ0) is 12.5. The minimum atomic E-state index is 0.761. The van der Waals surface area contributed by atoms with Crippen molar-refractivity contribution in [3.05, 3.63) is 48.2 Å². The quantitative estimate of drug-likeness (QED) is 0.704. The molecule has 0 radical (unpaired) electrons. The highest BCUT2D eigenvalue weighted by molar-refractivity contribution is 5.83. The summed E-state index contributed by atoms with van der Waals surface area (Å²) in [6.45, 7) is 2.95. The van der Waals surface area contributed by atoms with Gasteiger partial charge < -0.3 is 9.13 Å². The lowest BCUT2D eigenvalue weighted by molar-refractivity contribution is 0.714. The van der Waals surface area contributed by atoms with E-state index in [4.69, 9.17) is 0 Å². The van der Waals surface area contributed by atoms with Gasteiger partial charge in [-0.05, 0) is 23.4 Å². The molecule has 2 aromatic heterocycles. The smallest absolute Gasteiger partial charge is 0.152 e. The third-order valence-corrected chi connectivity index (χ3v) is 3.37. The van der Waals surface area contributed by atoms with Gasteiger partial charge in [0.1, 0.15) is 6.33 Å². The molecule has 0 amide bonds. The molecular weight excluding hydrogens is 224 g/mol. The van der Waals surface area contributed by atoms with Crippen LogP contribution < -0.4 is 0 Å². The third-order valence-electron chi connectivity index (χ3n) is 3.37. The Bertz CT molecular complexity index is 678. The second-order valence-corrected chi connectivity index (χ2v) is 4.51.